The molecule has 0 unspecified atom stereocenters. The highest BCUT2D eigenvalue weighted by molar-refractivity contribution is 5.92. The molecule has 0 spiro atoms. The first-order valence-electron chi connectivity index (χ1n) is 10.6. The van der Waals surface area contributed by atoms with Gasteiger partial charge in [0.25, 0.3) is 0 Å². The molecule has 0 N–H and O–H groups in total. The number of carbonyl (C=O) groups is 1. The highest BCUT2D eigenvalue weighted by Crippen LogP contribution is 2.46. The molecule has 0 fully saturated rings. The molecule has 0 saturated heterocycles. The highest BCUT2D eigenvalue weighted by atomic mass is 19.1. The quantitative estimate of drug-likeness (QED) is 0.389. The molecule has 164 valence electrons. The zero-order chi connectivity index (χ0) is 22.8. The van der Waals surface area contributed by atoms with E-state index in [0.717, 1.165) is 5.82 Å². The van der Waals surface area contributed by atoms with Crippen LogP contribution >= 0.6 is 0 Å². The van der Waals surface area contributed by atoms with Crippen LogP contribution in [0.1, 0.15) is 38.3 Å². The SMILES string of the molecule is CCCc1ccnc2c1N2C.C\C=C/C=C\C=C\CN(C(C)=O)c1ccc(C)c(F)c1. The Labute approximate surface area is 185 Å². The third-order valence-corrected chi connectivity index (χ3v) is 4.91. The Bertz CT molecular complexity index is 979. The van der Waals surface area contributed by atoms with Gasteiger partial charge in [0.15, 0.2) is 5.82 Å². The van der Waals surface area contributed by atoms with Crippen LogP contribution < -0.4 is 9.80 Å². The Morgan fingerprint density at radius 1 is 1.19 bits per heavy atom. The van der Waals surface area contributed by atoms with Crippen LogP contribution in [0.3, 0.4) is 0 Å². The van der Waals surface area contributed by atoms with Crippen molar-refractivity contribution in [1.29, 1.82) is 0 Å². The van der Waals surface area contributed by atoms with Crippen molar-refractivity contribution in [1.82, 2.24) is 4.98 Å². The lowest BCUT2D eigenvalue weighted by Crippen LogP contribution is -2.28. The molecule has 2 aromatic rings. The maximum atomic E-state index is 13.6. The lowest BCUT2D eigenvalue weighted by Gasteiger charge is -2.19. The third-order valence-electron chi connectivity index (χ3n) is 4.91. The van der Waals surface area contributed by atoms with E-state index >= 15 is 0 Å². The number of pyridine rings is 1. The second-order valence-electron chi connectivity index (χ2n) is 7.35. The van der Waals surface area contributed by atoms with Gasteiger partial charge >= 0.3 is 0 Å². The average molecular weight is 422 g/mol. The van der Waals surface area contributed by atoms with E-state index in [1.807, 2.05) is 49.6 Å². The molecule has 3 rings (SSSR count). The molecule has 0 saturated carbocycles. The summed E-state index contributed by atoms with van der Waals surface area (Å²) in [4.78, 5) is 19.5. The van der Waals surface area contributed by atoms with Crippen LogP contribution in [-0.4, -0.2) is 24.5 Å². The van der Waals surface area contributed by atoms with Crippen molar-refractivity contribution in [3.05, 3.63) is 83.9 Å². The molecular weight excluding hydrogens is 389 g/mol. The van der Waals surface area contributed by atoms with E-state index < -0.39 is 0 Å². The number of allylic oxidation sites excluding steroid dienone is 5. The van der Waals surface area contributed by atoms with Gasteiger partial charge in [0.2, 0.25) is 5.91 Å². The van der Waals surface area contributed by atoms with Gasteiger partial charge in [-0.3, -0.25) is 4.79 Å². The predicted molar refractivity (Wildman–Crippen MR) is 129 cm³/mol. The molecule has 1 amide bonds. The first kappa shape index (κ1) is 24.1. The lowest BCUT2D eigenvalue weighted by atomic mass is 10.1. The maximum Gasteiger partial charge on any atom is 0.224 e. The van der Waals surface area contributed by atoms with E-state index in [2.05, 4.69) is 29.9 Å². The topological polar surface area (TPSA) is 36.2 Å². The number of carbonyl (C=O) groups excluding carboxylic acids is 1. The van der Waals surface area contributed by atoms with Crippen molar-refractivity contribution >= 4 is 23.1 Å². The van der Waals surface area contributed by atoms with Crippen molar-refractivity contribution in [2.45, 2.75) is 40.5 Å². The minimum atomic E-state index is -0.300. The number of benzene rings is 1. The molecule has 1 aliphatic rings. The smallest absolute Gasteiger partial charge is 0.224 e. The minimum Gasteiger partial charge on any atom is -0.324 e. The van der Waals surface area contributed by atoms with Crippen LogP contribution in [0.2, 0.25) is 0 Å². The van der Waals surface area contributed by atoms with Gasteiger partial charge in [-0.25, -0.2) is 9.37 Å². The maximum absolute atomic E-state index is 13.6. The summed E-state index contributed by atoms with van der Waals surface area (Å²) in [5.74, 6) is 0.747. The molecule has 5 heteroatoms. The normalized spacial score (nSPS) is 12.3. The average Bonchev–Trinajstić information content (AvgIpc) is 3.41. The number of nitrogens with zero attached hydrogens (tertiary/aromatic N) is 3. The Kier molecular flexibility index (Phi) is 9.19. The van der Waals surface area contributed by atoms with Gasteiger partial charge in [0, 0.05) is 32.4 Å². The number of hydrogen-bond acceptors (Lipinski definition) is 3. The Hall–Kier alpha value is -3.21. The summed E-state index contributed by atoms with van der Waals surface area (Å²) < 4.78 is 13.6. The van der Waals surface area contributed by atoms with E-state index in [4.69, 9.17) is 0 Å². The number of aryl methyl sites for hydroxylation is 2. The monoisotopic (exact) mass is 421 g/mol. The number of fused-ring (bicyclic) bond motifs is 1. The van der Waals surface area contributed by atoms with Gasteiger partial charge < -0.3 is 9.80 Å². The highest BCUT2D eigenvalue weighted by Gasteiger charge is 2.29. The van der Waals surface area contributed by atoms with Crippen LogP contribution in [0.5, 0.6) is 0 Å². The fourth-order valence-corrected chi connectivity index (χ4v) is 3.14. The van der Waals surface area contributed by atoms with E-state index in [9.17, 15) is 9.18 Å². The van der Waals surface area contributed by atoms with Gasteiger partial charge in [-0.05, 0) is 49.6 Å². The zero-order valence-electron chi connectivity index (χ0n) is 19.1. The van der Waals surface area contributed by atoms with Crippen LogP contribution in [0, 0.1) is 12.7 Å². The molecule has 0 radical (unpaired) electrons. The fraction of sp³-hybridized carbons (Fsp3) is 0.308. The van der Waals surface area contributed by atoms with Crippen LogP contribution in [0.4, 0.5) is 21.6 Å². The summed E-state index contributed by atoms with van der Waals surface area (Å²) >= 11 is 0. The molecular formula is C26H32FN3O. The largest absolute Gasteiger partial charge is 0.324 e. The lowest BCUT2D eigenvalue weighted by molar-refractivity contribution is -0.116. The first-order chi connectivity index (χ1) is 14.9. The van der Waals surface area contributed by atoms with Gasteiger partial charge in [0.05, 0.1) is 5.69 Å². The predicted octanol–water partition coefficient (Wildman–Crippen LogP) is 6.29. The number of amides is 1. The fourth-order valence-electron chi connectivity index (χ4n) is 3.14. The molecule has 4 nitrogen and oxygen atoms in total. The standard InChI is InChI=1S/C17H20FNO.C9H12N2/c1-4-5-6-7-8-9-12-19(15(3)20)16-11-10-14(2)17(18)13-16;1-3-4-7-5-6-10-9-8(7)11(9)2/h4-11,13H,12H2,1-3H3;5-6H,3-4H2,1-2H3/b5-4-,7-6-,9-8+;. The number of rotatable bonds is 7. The van der Waals surface area contributed by atoms with Crippen LogP contribution in [0.15, 0.2) is 66.9 Å². The summed E-state index contributed by atoms with van der Waals surface area (Å²) in [6.45, 7) is 7.73. The molecule has 1 aromatic heterocycles. The second-order valence-corrected chi connectivity index (χ2v) is 7.35. The van der Waals surface area contributed by atoms with Crippen molar-refractivity contribution in [3.8, 4) is 0 Å². The van der Waals surface area contributed by atoms with Gasteiger partial charge in [-0.2, -0.15) is 0 Å². The van der Waals surface area contributed by atoms with Crippen molar-refractivity contribution in [2.24, 2.45) is 0 Å². The van der Waals surface area contributed by atoms with Gasteiger partial charge in [-0.1, -0.05) is 55.9 Å². The third kappa shape index (κ3) is 6.92. The Balaban J connectivity index is 0.000000258. The minimum absolute atomic E-state index is 0.115. The van der Waals surface area contributed by atoms with E-state index in [-0.39, 0.29) is 11.7 Å². The van der Waals surface area contributed by atoms with Crippen molar-refractivity contribution < 1.29 is 9.18 Å². The Morgan fingerprint density at radius 3 is 2.58 bits per heavy atom. The van der Waals surface area contributed by atoms with E-state index in [1.54, 1.807) is 19.1 Å². The summed E-state index contributed by atoms with van der Waals surface area (Å²) in [5, 5.41) is 0. The second kappa shape index (κ2) is 11.8. The van der Waals surface area contributed by atoms with E-state index in [1.165, 1.54) is 42.0 Å². The number of anilines is 3. The molecule has 2 heterocycles. The molecule has 0 bridgehead atoms. The summed E-state index contributed by atoms with van der Waals surface area (Å²) in [6, 6.07) is 6.94. The molecule has 31 heavy (non-hydrogen) atoms. The van der Waals surface area contributed by atoms with Gasteiger partial charge in [0.1, 0.15) is 5.82 Å². The number of aromatic nitrogens is 1. The number of hydrogen-bond donors (Lipinski definition) is 0. The first-order valence-corrected chi connectivity index (χ1v) is 10.6. The van der Waals surface area contributed by atoms with Crippen molar-refractivity contribution in [2.75, 3.05) is 23.4 Å². The molecule has 0 atom stereocenters. The van der Waals surface area contributed by atoms with E-state index in [0.29, 0.717) is 17.8 Å². The summed E-state index contributed by atoms with van der Waals surface area (Å²) in [5.41, 5.74) is 3.94. The number of halogens is 1. The van der Waals surface area contributed by atoms with Crippen LogP contribution in [0.25, 0.3) is 0 Å². The van der Waals surface area contributed by atoms with Gasteiger partial charge in [-0.15, -0.1) is 0 Å². The van der Waals surface area contributed by atoms with Crippen molar-refractivity contribution in [3.63, 3.8) is 0 Å². The summed E-state index contributed by atoms with van der Waals surface area (Å²) in [6.07, 6.45) is 15.6. The van der Waals surface area contributed by atoms with Crippen LogP contribution in [-0.2, 0) is 11.2 Å². The summed E-state index contributed by atoms with van der Waals surface area (Å²) in [7, 11) is 2.07. The molecule has 1 aromatic carbocycles. The molecule has 0 aliphatic carbocycles. The Morgan fingerprint density at radius 2 is 1.94 bits per heavy atom. The zero-order valence-corrected chi connectivity index (χ0v) is 19.1. The molecule has 1 aliphatic heterocycles.